The van der Waals surface area contributed by atoms with Crippen LogP contribution in [0.4, 0.5) is 0 Å². The third-order valence-corrected chi connectivity index (χ3v) is 7.10. The monoisotopic (exact) mass is 529 g/mol. The molecule has 41 heavy (non-hydrogen) atoms. The molecule has 5 aromatic rings. The van der Waals surface area contributed by atoms with Crippen molar-refractivity contribution in [3.05, 3.63) is 174 Å². The molecule has 1 heterocycles. The van der Waals surface area contributed by atoms with Crippen molar-refractivity contribution in [2.45, 2.75) is 13.1 Å². The Bertz CT molecular complexity index is 1710. The van der Waals surface area contributed by atoms with Gasteiger partial charge in [-0.15, -0.1) is 0 Å². The molecule has 198 valence electrons. The van der Waals surface area contributed by atoms with Gasteiger partial charge in [0.25, 0.3) is 0 Å². The van der Waals surface area contributed by atoms with Crippen LogP contribution in [-0.2, 0) is 0 Å². The molecule has 1 N–H and O–H groups in total. The smallest absolute Gasteiger partial charge is 0.169 e. The van der Waals surface area contributed by atoms with Crippen LogP contribution >= 0.6 is 0 Å². The fourth-order valence-corrected chi connectivity index (χ4v) is 4.85. The molecule has 1 unspecified atom stereocenters. The molecule has 0 aliphatic carbocycles. The maximum Gasteiger partial charge on any atom is 0.169 e. The molecule has 1 atom stereocenters. The van der Waals surface area contributed by atoms with E-state index in [4.69, 9.17) is 9.98 Å². The predicted molar refractivity (Wildman–Crippen MR) is 173 cm³/mol. The Kier molecular flexibility index (Phi) is 7.77. The van der Waals surface area contributed by atoms with Gasteiger partial charge in [0.15, 0.2) is 6.17 Å². The van der Waals surface area contributed by atoms with E-state index in [-0.39, 0.29) is 6.17 Å². The third-order valence-electron chi connectivity index (χ3n) is 7.10. The number of allylic oxidation sites excluding steroid dienone is 3. The van der Waals surface area contributed by atoms with Crippen LogP contribution in [0.25, 0.3) is 28.3 Å². The number of rotatable bonds is 7. The van der Waals surface area contributed by atoms with Gasteiger partial charge in [0.05, 0.1) is 0 Å². The van der Waals surface area contributed by atoms with Crippen LogP contribution in [0.15, 0.2) is 162 Å². The lowest BCUT2D eigenvalue weighted by Crippen LogP contribution is -2.36. The molecule has 1 aliphatic rings. The van der Waals surface area contributed by atoms with Crippen molar-refractivity contribution in [3.63, 3.8) is 0 Å². The average molecular weight is 530 g/mol. The van der Waals surface area contributed by atoms with E-state index in [0.29, 0.717) is 0 Å². The van der Waals surface area contributed by atoms with Crippen molar-refractivity contribution in [1.29, 1.82) is 0 Å². The minimum atomic E-state index is -0.353. The van der Waals surface area contributed by atoms with Crippen LogP contribution in [-0.4, -0.2) is 11.7 Å². The highest BCUT2D eigenvalue weighted by molar-refractivity contribution is 6.16. The normalized spacial score (nSPS) is 15.0. The van der Waals surface area contributed by atoms with Gasteiger partial charge in [0.2, 0.25) is 0 Å². The van der Waals surface area contributed by atoms with Crippen LogP contribution in [0.3, 0.4) is 0 Å². The first-order chi connectivity index (χ1) is 20.3. The molecule has 0 saturated carbocycles. The topological polar surface area (TPSA) is 36.8 Å². The van der Waals surface area contributed by atoms with Gasteiger partial charge < -0.3 is 5.32 Å². The molecule has 1 aliphatic heterocycles. The predicted octanol–water partition coefficient (Wildman–Crippen LogP) is 9.11. The molecule has 0 aromatic heterocycles. The number of amidine groups is 2. The summed E-state index contributed by atoms with van der Waals surface area (Å²) in [5, 5.41) is 3.52. The Morgan fingerprint density at radius 1 is 0.488 bits per heavy atom. The number of hydrogen-bond acceptors (Lipinski definition) is 3. The van der Waals surface area contributed by atoms with E-state index in [2.05, 4.69) is 133 Å². The van der Waals surface area contributed by atoms with E-state index in [0.717, 1.165) is 33.9 Å². The highest BCUT2D eigenvalue weighted by atomic mass is 15.2. The number of nitrogens with one attached hydrogen (secondary N) is 1. The SMILES string of the molecule is C/C=C\C=C/c1ccc(C2=NC(c3ccc(-c4ccccc4)cc3)N=C(c3ccc(-c4ccccc4)cc3)N2)cc1. The standard InChI is InChI=1S/C38H31N3/c1-2-3-6-11-28-16-18-33(19-17-28)36-39-37(34-24-20-31(21-25-34)29-12-7-4-8-13-29)41-38(40-36)35-26-22-32(23-27-35)30-14-9-5-10-15-30/h2-27,37H,1H3,(H,39,40,41)/b3-2-,11-6-. The van der Waals surface area contributed by atoms with Gasteiger partial charge in [-0.05, 0) is 40.3 Å². The van der Waals surface area contributed by atoms with E-state index >= 15 is 0 Å². The molecule has 3 nitrogen and oxygen atoms in total. The summed E-state index contributed by atoms with van der Waals surface area (Å²) in [6.45, 7) is 2.01. The van der Waals surface area contributed by atoms with Crippen molar-refractivity contribution in [2.75, 3.05) is 0 Å². The molecule has 5 aromatic carbocycles. The van der Waals surface area contributed by atoms with Crippen molar-refractivity contribution in [2.24, 2.45) is 9.98 Å². The molecule has 0 bridgehead atoms. The van der Waals surface area contributed by atoms with Gasteiger partial charge >= 0.3 is 0 Å². The van der Waals surface area contributed by atoms with Crippen LogP contribution in [0.2, 0.25) is 0 Å². The Hall–Kier alpha value is -5.28. The summed E-state index contributed by atoms with van der Waals surface area (Å²) in [6, 6.07) is 46.4. The Morgan fingerprint density at radius 3 is 1.44 bits per heavy atom. The number of nitrogens with zero attached hydrogens (tertiary/aromatic N) is 2. The Balaban J connectivity index is 1.33. The van der Waals surface area contributed by atoms with E-state index in [1.165, 1.54) is 22.3 Å². The second kappa shape index (κ2) is 12.3. The zero-order valence-corrected chi connectivity index (χ0v) is 23.0. The number of benzene rings is 5. The second-order valence-electron chi connectivity index (χ2n) is 9.89. The summed E-state index contributed by atoms with van der Waals surface area (Å²) in [6.07, 6.45) is 7.84. The lowest BCUT2D eigenvalue weighted by Gasteiger charge is -2.22. The summed E-state index contributed by atoms with van der Waals surface area (Å²) >= 11 is 0. The van der Waals surface area contributed by atoms with Crippen LogP contribution in [0.5, 0.6) is 0 Å². The number of hydrogen-bond donors (Lipinski definition) is 1. The van der Waals surface area contributed by atoms with Crippen molar-refractivity contribution >= 4 is 17.7 Å². The van der Waals surface area contributed by atoms with Crippen LogP contribution < -0.4 is 5.32 Å². The van der Waals surface area contributed by atoms with Gasteiger partial charge in [0.1, 0.15) is 11.7 Å². The molecule has 0 fully saturated rings. The van der Waals surface area contributed by atoms with E-state index in [9.17, 15) is 0 Å². The van der Waals surface area contributed by atoms with Gasteiger partial charge in [0, 0.05) is 11.1 Å². The highest BCUT2D eigenvalue weighted by Gasteiger charge is 2.21. The first-order valence-electron chi connectivity index (χ1n) is 13.9. The number of aliphatic imine (C=N–C) groups is 2. The largest absolute Gasteiger partial charge is 0.324 e. The third kappa shape index (κ3) is 6.15. The fraction of sp³-hybridized carbons (Fsp3) is 0.0526. The summed E-state index contributed by atoms with van der Waals surface area (Å²) in [4.78, 5) is 10.1. The molecule has 0 saturated heterocycles. The Morgan fingerprint density at radius 2 is 0.927 bits per heavy atom. The molecule has 0 radical (unpaired) electrons. The fourth-order valence-electron chi connectivity index (χ4n) is 4.85. The minimum absolute atomic E-state index is 0.353. The zero-order chi connectivity index (χ0) is 27.9. The first-order valence-corrected chi connectivity index (χ1v) is 13.9. The first kappa shape index (κ1) is 26.0. The summed E-state index contributed by atoms with van der Waals surface area (Å²) < 4.78 is 0. The zero-order valence-electron chi connectivity index (χ0n) is 23.0. The molecule has 6 rings (SSSR count). The average Bonchev–Trinajstić information content (AvgIpc) is 3.06. The quantitative estimate of drug-likeness (QED) is 0.210. The minimum Gasteiger partial charge on any atom is -0.324 e. The highest BCUT2D eigenvalue weighted by Crippen LogP contribution is 2.28. The molecule has 3 heteroatoms. The van der Waals surface area contributed by atoms with Gasteiger partial charge in [-0.3, -0.25) is 0 Å². The van der Waals surface area contributed by atoms with Crippen LogP contribution in [0, 0.1) is 0 Å². The van der Waals surface area contributed by atoms with Crippen molar-refractivity contribution in [3.8, 4) is 22.3 Å². The molecular weight excluding hydrogens is 498 g/mol. The van der Waals surface area contributed by atoms with E-state index in [1.807, 2.05) is 37.3 Å². The lowest BCUT2D eigenvalue weighted by molar-refractivity contribution is 0.756. The van der Waals surface area contributed by atoms with E-state index < -0.39 is 0 Å². The van der Waals surface area contributed by atoms with Gasteiger partial charge in [-0.2, -0.15) is 0 Å². The van der Waals surface area contributed by atoms with E-state index in [1.54, 1.807) is 0 Å². The summed E-state index contributed by atoms with van der Waals surface area (Å²) in [5.74, 6) is 1.62. The second-order valence-corrected chi connectivity index (χ2v) is 9.89. The molecular formula is C38H31N3. The summed E-state index contributed by atoms with van der Waals surface area (Å²) in [5.41, 5.74) is 8.97. The summed E-state index contributed by atoms with van der Waals surface area (Å²) in [7, 11) is 0. The van der Waals surface area contributed by atoms with Gasteiger partial charge in [-0.25, -0.2) is 9.98 Å². The molecule has 0 amide bonds. The van der Waals surface area contributed by atoms with Crippen LogP contribution in [0.1, 0.15) is 35.3 Å². The maximum absolute atomic E-state index is 5.07. The van der Waals surface area contributed by atoms with Crippen molar-refractivity contribution < 1.29 is 0 Å². The Labute approximate surface area is 242 Å². The van der Waals surface area contributed by atoms with Crippen molar-refractivity contribution in [1.82, 2.24) is 5.32 Å². The van der Waals surface area contributed by atoms with Gasteiger partial charge in [-0.1, -0.05) is 158 Å². The maximum atomic E-state index is 5.07. The lowest BCUT2D eigenvalue weighted by atomic mass is 10.0. The molecule has 0 spiro atoms.